The van der Waals surface area contributed by atoms with E-state index in [2.05, 4.69) is 69.1 Å². The van der Waals surface area contributed by atoms with Gasteiger partial charge in [0, 0.05) is 40.5 Å². The lowest BCUT2D eigenvalue weighted by atomic mass is 10.1. The van der Waals surface area contributed by atoms with Crippen molar-refractivity contribution in [3.8, 4) is 64.7 Å². The lowest BCUT2D eigenvalue weighted by Gasteiger charge is -2.22. The molecule has 28 nitrogen and oxygen atoms in total. The van der Waals surface area contributed by atoms with E-state index >= 15 is 0 Å². The number of halogens is 6. The number of hydrazone groups is 1. The van der Waals surface area contributed by atoms with Crippen molar-refractivity contribution in [2.45, 2.75) is 109 Å². The summed E-state index contributed by atoms with van der Waals surface area (Å²) < 4.78 is 49.8. The zero-order chi connectivity index (χ0) is 77.4. The molecule has 0 saturated heterocycles. The van der Waals surface area contributed by atoms with Crippen molar-refractivity contribution in [3.63, 3.8) is 0 Å². The molecular formula is C73H66Cl6N14O14. The normalized spacial score (nSPS) is 14.7. The molecule has 3 saturated carbocycles. The Morgan fingerprint density at radius 2 is 1.02 bits per heavy atom. The zero-order valence-corrected chi connectivity index (χ0v) is 63.1. The zero-order valence-electron chi connectivity index (χ0n) is 58.6. The summed E-state index contributed by atoms with van der Waals surface area (Å²) in [6, 6.07) is 30.9. The molecule has 3 amide bonds. The van der Waals surface area contributed by atoms with E-state index in [4.69, 9.17) is 120 Å². The fourth-order valence-electron chi connectivity index (χ4n) is 11.0. The Bertz CT molecular complexity index is 5180. The Morgan fingerprint density at radius 3 is 1.38 bits per heavy atom. The number of nitriles is 2. The van der Waals surface area contributed by atoms with Gasteiger partial charge in [0.2, 0.25) is 17.3 Å². The van der Waals surface area contributed by atoms with Gasteiger partial charge in [0.1, 0.15) is 35.8 Å². The van der Waals surface area contributed by atoms with Crippen LogP contribution in [0.4, 0.5) is 16.2 Å². The van der Waals surface area contributed by atoms with Crippen molar-refractivity contribution >= 4 is 161 Å². The first kappa shape index (κ1) is 78.7. The highest BCUT2D eigenvalue weighted by Gasteiger charge is 2.45. The van der Waals surface area contributed by atoms with E-state index in [1.54, 1.807) is 83.7 Å². The van der Waals surface area contributed by atoms with E-state index in [-0.39, 0.29) is 91.6 Å². The monoisotopic (exact) mass is 1570 g/mol. The van der Waals surface area contributed by atoms with Crippen LogP contribution in [0.2, 0.25) is 30.1 Å². The maximum absolute atomic E-state index is 12.3. The third kappa shape index (κ3) is 18.2. The molecule has 9 aromatic rings. The number of imidazole rings is 3. The van der Waals surface area contributed by atoms with Gasteiger partial charge in [-0.25, -0.2) is 11.4 Å². The third-order valence-electron chi connectivity index (χ3n) is 17.1. The van der Waals surface area contributed by atoms with Gasteiger partial charge in [0.25, 0.3) is 30.5 Å². The minimum atomic E-state index is -0.804. The highest BCUT2D eigenvalue weighted by atomic mass is 35.5. The Kier molecular flexibility index (Phi) is 24.5. The highest BCUT2D eigenvalue weighted by Crippen LogP contribution is 2.51. The maximum atomic E-state index is 12.3. The van der Waals surface area contributed by atoms with E-state index in [0.29, 0.717) is 62.3 Å². The molecule has 0 spiro atoms. The largest absolute Gasteiger partial charge is 0.468 e. The smallest absolute Gasteiger partial charge is 0.414 e. The maximum Gasteiger partial charge on any atom is 0.414 e. The van der Waals surface area contributed by atoms with Crippen LogP contribution in [0.3, 0.4) is 0 Å². The van der Waals surface area contributed by atoms with Crippen LogP contribution in [0.5, 0.6) is 52.5 Å². The quantitative estimate of drug-likeness (QED) is 0.0222. The molecule has 1 aliphatic heterocycles. The number of carbonyl (C=O) groups excluding carboxylic acids is 6. The number of ketones is 2. The second kappa shape index (κ2) is 33.3. The molecule has 0 atom stereocenters. The Labute approximate surface area is 642 Å². The molecule has 0 bridgehead atoms. The van der Waals surface area contributed by atoms with Gasteiger partial charge in [-0.2, -0.15) is 35.6 Å². The number of methoxy groups -OCH3 is 3. The van der Waals surface area contributed by atoms with Crippen molar-refractivity contribution < 1.29 is 66.7 Å². The Morgan fingerprint density at radius 1 is 0.617 bits per heavy atom. The number of anilines is 2. The summed E-state index contributed by atoms with van der Waals surface area (Å²) in [7, 11) is 4.82. The summed E-state index contributed by atoms with van der Waals surface area (Å²) in [6.07, 6.45) is 4.48. The van der Waals surface area contributed by atoms with Gasteiger partial charge >= 0.3 is 18.0 Å². The molecular weight excluding hydrogens is 1510 g/mol. The van der Waals surface area contributed by atoms with Gasteiger partial charge in [-0.1, -0.05) is 69.6 Å². The molecule has 0 unspecified atom stereocenters. The van der Waals surface area contributed by atoms with Crippen LogP contribution in [0, 0.1) is 29.2 Å². The molecule has 4 aliphatic rings. The average Bonchev–Trinajstić information content (AvgIpc) is 1.59. The van der Waals surface area contributed by atoms with Crippen LogP contribution < -0.4 is 44.5 Å². The molecule has 4 heterocycles. The first-order valence-electron chi connectivity index (χ1n) is 32.8. The van der Waals surface area contributed by atoms with Crippen LogP contribution in [0.1, 0.15) is 91.5 Å². The number of aromatic nitrogens is 6. The molecule has 107 heavy (non-hydrogen) atoms. The number of nitrogens with two attached hydrogens (primary N) is 1. The van der Waals surface area contributed by atoms with Crippen LogP contribution >= 0.6 is 69.6 Å². The number of hydrogen-bond donors (Lipinski definition) is 2. The van der Waals surface area contributed by atoms with Gasteiger partial charge < -0.3 is 48.5 Å². The summed E-state index contributed by atoms with van der Waals surface area (Å²) in [5.41, 5.74) is 11.3. The van der Waals surface area contributed by atoms with Crippen molar-refractivity contribution in [2.75, 3.05) is 51.8 Å². The summed E-state index contributed by atoms with van der Waals surface area (Å²) in [4.78, 5) is 89.1. The fraction of sp³-hybridized carbons (Fsp3) is 0.315. The predicted octanol–water partition coefficient (Wildman–Crippen LogP) is 15.9. The van der Waals surface area contributed by atoms with Gasteiger partial charge in [-0.05, 0) is 152 Å². The van der Waals surface area contributed by atoms with Crippen LogP contribution in [0.25, 0.3) is 37.9 Å². The molecule has 6 aromatic carbocycles. The van der Waals surface area contributed by atoms with Gasteiger partial charge in [-0.15, -0.1) is 0 Å². The molecule has 554 valence electrons. The molecule has 3 fully saturated rings. The molecule has 3 aliphatic carbocycles. The van der Waals surface area contributed by atoms with Crippen LogP contribution in [-0.4, -0.2) is 117 Å². The second-order valence-corrected chi connectivity index (χ2v) is 27.6. The summed E-state index contributed by atoms with van der Waals surface area (Å²) >= 11 is 38.3. The van der Waals surface area contributed by atoms with Crippen molar-refractivity contribution in [1.29, 1.82) is 10.5 Å². The van der Waals surface area contributed by atoms with E-state index < -0.39 is 48.3 Å². The summed E-state index contributed by atoms with van der Waals surface area (Å²) in [5, 5.41) is 26.4. The number of fused-ring (bicyclic) bond motifs is 3. The number of amides is 3. The number of Topliss-reactive ketones (excluding diaryl/α,β-unsaturated/α-hetero) is 2. The number of benzene rings is 6. The highest BCUT2D eigenvalue weighted by molar-refractivity contribution is 6.50. The number of ether oxygens (including phenoxy) is 8. The molecule has 0 radical (unpaired) electrons. The molecule has 3 aromatic heterocycles. The number of esters is 1. The minimum absolute atomic E-state index is 0.0369. The minimum Gasteiger partial charge on any atom is -0.468 e. The topological polar surface area (TPSA) is 348 Å². The first-order chi connectivity index (χ1) is 51.0. The second-order valence-electron chi connectivity index (χ2n) is 25.1. The number of aliphatic imine (C=N–C) groups is 1. The molecule has 34 heteroatoms. The average molecular weight is 1580 g/mol. The van der Waals surface area contributed by atoms with Crippen molar-refractivity contribution in [3.05, 3.63) is 138 Å². The number of alkyl carbamates (subject to hydrolysis) is 1. The lowest BCUT2D eigenvalue weighted by Crippen LogP contribution is -2.36. The van der Waals surface area contributed by atoms with Crippen LogP contribution in [0.15, 0.2) is 101 Å². The Hall–Kier alpha value is -10.9. The van der Waals surface area contributed by atoms with E-state index in [0.717, 1.165) is 76.6 Å². The number of nitrogen functional groups attached to an aromatic ring is 1. The number of imide groups is 1. The first-order valence-corrected chi connectivity index (χ1v) is 35.0. The van der Waals surface area contributed by atoms with E-state index in [9.17, 15) is 34.0 Å². The number of rotatable bonds is 21. The van der Waals surface area contributed by atoms with Crippen molar-refractivity contribution in [1.82, 2.24) is 34.0 Å². The fourth-order valence-corrected chi connectivity index (χ4v) is 12.8. The Balaban J connectivity index is 0.000000162. The number of carbonyl (C=O) groups is 6. The standard InChI is InChI=1S/C26H24Cl2N4O5.C23H17Cl2N5O4.C18H17Cl2N3O2.C6H8N2O3/c1-4-36-23(34)12-22(33)20(13-29)30-14-15-9-17(27)24(18(28)10-15)37-16-5-6-19-21(11-16)32(25(31-19)35-3)26(2)7-8-26;1-23(5-6-23)29-18-9-13(3-4-16(18)27-22(29)33-2)34-21-14(24)7-12(8-15(21)25)30-20(32)10-19(31)17(11-26)28-30;1-18(5-6-18)23-15-9-11(3-4-14(15)22-17(23)24-2)25-16-12(19)7-10(21)8-13(16)20;1-3-11-6(10)8-5(9)4-7-2/h5-6,9-11H,4,7-8,12,14H2,1-3H3;3-4,7-9H,5-6,10H2,1-2H3;3-4,7-9H,5-6,21H2,1-2H3;3-4H2,1H3,(H,8,9,10). The van der Waals surface area contributed by atoms with Crippen LogP contribution in [-0.2, 0) is 56.6 Å². The van der Waals surface area contributed by atoms with E-state index in [1.165, 1.54) is 12.1 Å². The number of nitrogens with zero attached hydrogens (tertiary/aromatic N) is 12. The third-order valence-corrected chi connectivity index (χ3v) is 18.8. The van der Waals surface area contributed by atoms with Gasteiger partial charge in [-0.3, -0.25) is 48.0 Å². The van der Waals surface area contributed by atoms with Gasteiger partial charge in [0.05, 0.1) is 116 Å². The van der Waals surface area contributed by atoms with Gasteiger partial charge in [0.15, 0.2) is 23.0 Å². The summed E-state index contributed by atoms with van der Waals surface area (Å²) in [6.45, 7) is 16.0. The number of hydrogen-bond acceptors (Lipinski definition) is 22. The summed E-state index contributed by atoms with van der Waals surface area (Å²) in [5.74, 6) is -0.846. The SMILES string of the molecule is CCOC(=O)CC(=O)C(C#N)=NCc1cc(Cl)c(Oc2ccc3nc(OC)n(C4(C)CC4)c3c2)c(Cl)c1.COc1nc2ccc(Oc3c(Cl)cc(N)cc3Cl)cc2n1C1(C)CC1.COc1nc2ccc(Oc3c(Cl)cc(N4N=C(C#N)C(=O)CC4=O)cc3Cl)cc2n1C1(C)CC1.[C-]#[N+]CC(=O)NC(=O)OCC. The predicted molar refractivity (Wildman–Crippen MR) is 401 cm³/mol. The molecule has 13 rings (SSSR count). The number of nitrogens with one attached hydrogen (secondary N) is 1. The van der Waals surface area contributed by atoms with Crippen molar-refractivity contribution in [2.24, 2.45) is 10.1 Å². The lowest BCUT2D eigenvalue weighted by molar-refractivity contribution is -0.144. The van der Waals surface area contributed by atoms with E-state index in [1.807, 2.05) is 47.8 Å². The molecule has 3 N–H and O–H groups in total.